The first-order valence-corrected chi connectivity index (χ1v) is 9.18. The highest BCUT2D eigenvalue weighted by atomic mass is 32.2. The number of carbonyl (C=O) groups excluding carboxylic acids is 2. The van der Waals surface area contributed by atoms with Crippen molar-refractivity contribution >= 4 is 23.6 Å². The van der Waals surface area contributed by atoms with Crippen LogP contribution in [0.3, 0.4) is 0 Å². The molecule has 2 saturated heterocycles. The molecule has 3 aliphatic rings. The van der Waals surface area contributed by atoms with Crippen LogP contribution in [0.4, 0.5) is 0 Å². The Hall–Kier alpha value is -1.89. The monoisotopic (exact) mass is 348 g/mol. The summed E-state index contributed by atoms with van der Waals surface area (Å²) in [4.78, 5) is 26.2. The molecule has 0 radical (unpaired) electrons. The van der Waals surface area contributed by atoms with Gasteiger partial charge in [-0.05, 0) is 25.5 Å². The van der Waals surface area contributed by atoms with E-state index in [-0.39, 0.29) is 28.8 Å². The summed E-state index contributed by atoms with van der Waals surface area (Å²) in [5.41, 5.74) is 0. The van der Waals surface area contributed by atoms with Gasteiger partial charge in [-0.25, -0.2) is 0 Å². The van der Waals surface area contributed by atoms with E-state index < -0.39 is 0 Å². The number of ether oxygens (including phenoxy) is 2. The molecule has 128 valence electrons. The summed E-state index contributed by atoms with van der Waals surface area (Å²) < 4.78 is 11.5. The van der Waals surface area contributed by atoms with Crippen molar-refractivity contribution < 1.29 is 19.1 Å². The van der Waals surface area contributed by atoms with E-state index in [1.807, 2.05) is 31.2 Å². The number of thioether (sulfide) groups is 1. The topological polar surface area (TPSA) is 67.9 Å². The van der Waals surface area contributed by atoms with E-state index >= 15 is 0 Å². The van der Waals surface area contributed by atoms with Crippen LogP contribution in [-0.4, -0.2) is 52.6 Å². The quantitative estimate of drug-likeness (QED) is 0.894. The number of hydrogen-bond donors (Lipinski definition) is 1. The summed E-state index contributed by atoms with van der Waals surface area (Å²) in [5.74, 6) is 2.05. The molecule has 1 aromatic carbocycles. The summed E-state index contributed by atoms with van der Waals surface area (Å²) in [7, 11) is 0. The zero-order valence-corrected chi connectivity index (χ0v) is 14.3. The molecule has 6 nitrogen and oxygen atoms in total. The van der Waals surface area contributed by atoms with E-state index in [9.17, 15) is 9.59 Å². The summed E-state index contributed by atoms with van der Waals surface area (Å²) in [5, 5.41) is 2.92. The van der Waals surface area contributed by atoms with Crippen molar-refractivity contribution in [1.29, 1.82) is 0 Å². The summed E-state index contributed by atoms with van der Waals surface area (Å²) >= 11 is 1.70. The zero-order valence-electron chi connectivity index (χ0n) is 13.5. The number of para-hydroxylation sites is 2. The Bertz CT molecular complexity index is 682. The first-order chi connectivity index (χ1) is 11.6. The highest BCUT2D eigenvalue weighted by Gasteiger charge is 2.52. The summed E-state index contributed by atoms with van der Waals surface area (Å²) in [6, 6.07) is 7.11. The zero-order chi connectivity index (χ0) is 16.7. The third-order valence-corrected chi connectivity index (χ3v) is 6.32. The largest absolute Gasteiger partial charge is 0.486 e. The third kappa shape index (κ3) is 2.60. The van der Waals surface area contributed by atoms with Crippen molar-refractivity contribution in [2.75, 3.05) is 18.9 Å². The van der Waals surface area contributed by atoms with Crippen LogP contribution >= 0.6 is 11.8 Å². The first-order valence-electron chi connectivity index (χ1n) is 8.19. The van der Waals surface area contributed by atoms with Crippen molar-refractivity contribution in [3.63, 3.8) is 0 Å². The van der Waals surface area contributed by atoms with Gasteiger partial charge in [0, 0.05) is 12.2 Å². The Kier molecular flexibility index (Phi) is 3.83. The number of hydrogen-bond acceptors (Lipinski definition) is 5. The lowest BCUT2D eigenvalue weighted by Gasteiger charge is -2.30. The molecule has 0 saturated carbocycles. The molecule has 0 spiro atoms. The van der Waals surface area contributed by atoms with Gasteiger partial charge in [-0.15, -0.1) is 11.8 Å². The Labute approximate surface area is 144 Å². The molecule has 3 heterocycles. The highest BCUT2D eigenvalue weighted by Crippen LogP contribution is 2.47. The Balaban J connectivity index is 1.35. The molecule has 4 rings (SSSR count). The minimum atomic E-state index is -0.383. The molecule has 0 aliphatic carbocycles. The molecule has 3 unspecified atom stereocenters. The van der Waals surface area contributed by atoms with Gasteiger partial charge in [-0.3, -0.25) is 9.59 Å². The van der Waals surface area contributed by atoms with Gasteiger partial charge >= 0.3 is 0 Å². The fraction of sp³-hybridized carbons (Fsp3) is 0.529. The van der Waals surface area contributed by atoms with Crippen LogP contribution in [0.2, 0.25) is 0 Å². The predicted octanol–water partition coefficient (Wildman–Crippen LogP) is 1.40. The molecule has 1 N–H and O–H groups in total. The Morgan fingerprint density at radius 2 is 2.21 bits per heavy atom. The highest BCUT2D eigenvalue weighted by molar-refractivity contribution is 8.01. The maximum absolute atomic E-state index is 12.5. The second-order valence-electron chi connectivity index (χ2n) is 6.51. The molecule has 2 amide bonds. The van der Waals surface area contributed by atoms with Crippen LogP contribution in [0, 0.1) is 0 Å². The normalized spacial score (nSPS) is 31.0. The minimum absolute atomic E-state index is 0.0776. The SMILES string of the molecule is CC12CCC(=O)N1C(C(=O)NCC1COc3ccccc3O1)CS2. The van der Waals surface area contributed by atoms with Crippen LogP contribution in [0.1, 0.15) is 19.8 Å². The first kappa shape index (κ1) is 15.6. The lowest BCUT2D eigenvalue weighted by Crippen LogP contribution is -2.52. The van der Waals surface area contributed by atoms with Crippen molar-refractivity contribution in [3.05, 3.63) is 24.3 Å². The number of amides is 2. The summed E-state index contributed by atoms with van der Waals surface area (Å²) in [6.45, 7) is 2.81. The minimum Gasteiger partial charge on any atom is -0.486 e. The van der Waals surface area contributed by atoms with Gasteiger partial charge < -0.3 is 19.7 Å². The van der Waals surface area contributed by atoms with Gasteiger partial charge in [0.1, 0.15) is 18.8 Å². The van der Waals surface area contributed by atoms with E-state index in [1.165, 1.54) is 0 Å². The molecule has 0 bridgehead atoms. The van der Waals surface area contributed by atoms with Gasteiger partial charge in [-0.2, -0.15) is 0 Å². The lowest BCUT2D eigenvalue weighted by molar-refractivity contribution is -0.138. The standard InChI is InChI=1S/C17H20N2O4S/c1-17-7-6-15(20)19(17)12(10-24-17)16(21)18-8-11-9-22-13-4-2-3-5-14(13)23-11/h2-5,11-12H,6-10H2,1H3,(H,18,21). The fourth-order valence-electron chi connectivity index (χ4n) is 3.51. The molecule has 24 heavy (non-hydrogen) atoms. The average Bonchev–Trinajstić information content (AvgIpc) is 3.09. The van der Waals surface area contributed by atoms with Crippen LogP contribution in [0.25, 0.3) is 0 Å². The van der Waals surface area contributed by atoms with Crippen molar-refractivity contribution in [2.45, 2.75) is 36.8 Å². The Morgan fingerprint density at radius 3 is 3.04 bits per heavy atom. The van der Waals surface area contributed by atoms with Gasteiger partial charge in [0.05, 0.1) is 11.4 Å². The number of benzene rings is 1. The molecule has 3 aliphatic heterocycles. The van der Waals surface area contributed by atoms with Crippen LogP contribution in [-0.2, 0) is 9.59 Å². The lowest BCUT2D eigenvalue weighted by atomic mass is 10.2. The fourth-order valence-corrected chi connectivity index (χ4v) is 4.94. The molecular formula is C17H20N2O4S. The van der Waals surface area contributed by atoms with Crippen LogP contribution in [0.5, 0.6) is 11.5 Å². The van der Waals surface area contributed by atoms with E-state index in [0.717, 1.165) is 12.2 Å². The number of fused-ring (bicyclic) bond motifs is 2. The maximum atomic E-state index is 12.5. The summed E-state index contributed by atoms with van der Waals surface area (Å²) in [6.07, 6.45) is 1.12. The van der Waals surface area contributed by atoms with Crippen LogP contribution < -0.4 is 14.8 Å². The second kappa shape index (κ2) is 5.88. The third-order valence-electron chi connectivity index (χ3n) is 4.82. The van der Waals surface area contributed by atoms with E-state index in [2.05, 4.69) is 5.32 Å². The maximum Gasteiger partial charge on any atom is 0.243 e. The second-order valence-corrected chi connectivity index (χ2v) is 8.01. The van der Waals surface area contributed by atoms with E-state index in [0.29, 0.717) is 31.1 Å². The van der Waals surface area contributed by atoms with E-state index in [4.69, 9.17) is 9.47 Å². The van der Waals surface area contributed by atoms with Gasteiger partial charge in [0.25, 0.3) is 0 Å². The molecule has 2 fully saturated rings. The molecule has 1 aromatic rings. The molecule has 0 aromatic heterocycles. The van der Waals surface area contributed by atoms with Crippen molar-refractivity contribution in [2.24, 2.45) is 0 Å². The van der Waals surface area contributed by atoms with Crippen LogP contribution in [0.15, 0.2) is 24.3 Å². The van der Waals surface area contributed by atoms with Gasteiger partial charge in [0.2, 0.25) is 11.8 Å². The Morgan fingerprint density at radius 1 is 1.42 bits per heavy atom. The number of rotatable bonds is 3. The molecule has 7 heteroatoms. The average molecular weight is 348 g/mol. The van der Waals surface area contributed by atoms with E-state index in [1.54, 1.807) is 16.7 Å². The number of nitrogens with zero attached hydrogens (tertiary/aromatic N) is 1. The van der Waals surface area contributed by atoms with Gasteiger partial charge in [-0.1, -0.05) is 12.1 Å². The smallest absolute Gasteiger partial charge is 0.243 e. The number of carbonyl (C=O) groups is 2. The molecule has 3 atom stereocenters. The van der Waals surface area contributed by atoms with Gasteiger partial charge in [0.15, 0.2) is 11.5 Å². The predicted molar refractivity (Wildman–Crippen MR) is 90.1 cm³/mol. The van der Waals surface area contributed by atoms with Crippen molar-refractivity contribution in [3.8, 4) is 11.5 Å². The number of nitrogens with one attached hydrogen (secondary N) is 1. The molecular weight excluding hydrogens is 328 g/mol. The van der Waals surface area contributed by atoms with Crippen molar-refractivity contribution in [1.82, 2.24) is 10.2 Å².